The van der Waals surface area contributed by atoms with E-state index >= 15 is 0 Å². The van der Waals surface area contributed by atoms with Crippen LogP contribution >= 0.6 is 0 Å². The largest absolute Gasteiger partial charge is 0.380 e. The highest BCUT2D eigenvalue weighted by Gasteiger charge is 2.49. The third-order valence-corrected chi connectivity index (χ3v) is 3.68. The molecule has 0 aromatic carbocycles. The number of rotatable bonds is 2. The van der Waals surface area contributed by atoms with Crippen molar-refractivity contribution in [3.8, 4) is 0 Å². The lowest BCUT2D eigenvalue weighted by atomic mass is 9.81. The summed E-state index contributed by atoms with van der Waals surface area (Å²) >= 11 is 0. The second-order valence-corrected chi connectivity index (χ2v) is 4.80. The molecule has 0 radical (unpaired) electrons. The van der Waals surface area contributed by atoms with E-state index in [1.807, 2.05) is 0 Å². The first-order chi connectivity index (χ1) is 6.18. The molecule has 0 spiro atoms. The van der Waals surface area contributed by atoms with Crippen LogP contribution in [0.1, 0.15) is 13.8 Å². The van der Waals surface area contributed by atoms with Crippen molar-refractivity contribution in [3.05, 3.63) is 0 Å². The minimum atomic E-state index is 0.282. The molecule has 2 aliphatic heterocycles. The summed E-state index contributed by atoms with van der Waals surface area (Å²) in [5.41, 5.74) is 6.15. The SMILES string of the molecule is CC(C)N1CC2COCC2(CN)C1. The van der Waals surface area contributed by atoms with E-state index in [0.29, 0.717) is 12.0 Å². The molecule has 2 saturated heterocycles. The number of hydrogen-bond acceptors (Lipinski definition) is 3. The van der Waals surface area contributed by atoms with Crippen molar-refractivity contribution in [2.45, 2.75) is 19.9 Å². The fourth-order valence-electron chi connectivity index (χ4n) is 2.56. The summed E-state index contributed by atoms with van der Waals surface area (Å²) in [6.45, 7) is 9.39. The smallest absolute Gasteiger partial charge is 0.0551 e. The first-order valence-corrected chi connectivity index (χ1v) is 5.20. The van der Waals surface area contributed by atoms with E-state index in [0.717, 1.165) is 26.3 Å². The van der Waals surface area contributed by atoms with Crippen LogP contribution in [-0.4, -0.2) is 43.8 Å². The number of nitrogens with two attached hydrogens (primary N) is 1. The van der Waals surface area contributed by atoms with Gasteiger partial charge in [-0.25, -0.2) is 0 Å². The minimum Gasteiger partial charge on any atom is -0.380 e. The third-order valence-electron chi connectivity index (χ3n) is 3.68. The molecule has 0 aromatic heterocycles. The van der Waals surface area contributed by atoms with Gasteiger partial charge in [0.15, 0.2) is 0 Å². The van der Waals surface area contributed by atoms with Crippen molar-refractivity contribution in [2.75, 3.05) is 32.8 Å². The van der Waals surface area contributed by atoms with Crippen LogP contribution in [0.15, 0.2) is 0 Å². The van der Waals surface area contributed by atoms with Gasteiger partial charge in [-0.1, -0.05) is 0 Å². The molecular weight excluding hydrogens is 164 g/mol. The fraction of sp³-hybridized carbons (Fsp3) is 1.00. The lowest BCUT2D eigenvalue weighted by Crippen LogP contribution is -2.39. The summed E-state index contributed by atoms with van der Waals surface area (Å²) < 4.78 is 5.53. The molecule has 3 nitrogen and oxygen atoms in total. The number of nitrogens with zero attached hydrogens (tertiary/aromatic N) is 1. The van der Waals surface area contributed by atoms with Gasteiger partial charge >= 0.3 is 0 Å². The van der Waals surface area contributed by atoms with Gasteiger partial charge in [-0.15, -0.1) is 0 Å². The van der Waals surface area contributed by atoms with Gasteiger partial charge in [0.05, 0.1) is 13.2 Å². The van der Waals surface area contributed by atoms with E-state index in [4.69, 9.17) is 10.5 Å². The normalized spacial score (nSPS) is 40.2. The Morgan fingerprint density at radius 1 is 1.62 bits per heavy atom. The molecular formula is C10H20N2O. The van der Waals surface area contributed by atoms with Crippen molar-refractivity contribution in [1.29, 1.82) is 0 Å². The molecule has 0 bridgehead atoms. The van der Waals surface area contributed by atoms with E-state index in [2.05, 4.69) is 18.7 Å². The molecule has 3 heteroatoms. The van der Waals surface area contributed by atoms with E-state index < -0.39 is 0 Å². The Morgan fingerprint density at radius 3 is 2.92 bits per heavy atom. The van der Waals surface area contributed by atoms with Crippen molar-refractivity contribution < 1.29 is 4.74 Å². The maximum Gasteiger partial charge on any atom is 0.0551 e. The zero-order valence-corrected chi connectivity index (χ0v) is 8.62. The van der Waals surface area contributed by atoms with Crippen LogP contribution in [-0.2, 0) is 4.74 Å². The summed E-state index contributed by atoms with van der Waals surface area (Å²) in [7, 11) is 0. The number of likely N-dealkylation sites (tertiary alicyclic amines) is 1. The van der Waals surface area contributed by atoms with Crippen LogP contribution in [0.3, 0.4) is 0 Å². The zero-order chi connectivity index (χ0) is 9.47. The number of hydrogen-bond donors (Lipinski definition) is 1. The molecule has 0 aromatic rings. The number of ether oxygens (including phenoxy) is 1. The standard InChI is InChI=1S/C10H20N2O/c1-8(2)12-3-9-4-13-7-10(9,5-11)6-12/h8-9H,3-7,11H2,1-2H3. The summed E-state index contributed by atoms with van der Waals surface area (Å²) in [6.07, 6.45) is 0. The Hall–Kier alpha value is -0.120. The Bertz CT molecular complexity index is 195. The Kier molecular flexibility index (Phi) is 2.34. The van der Waals surface area contributed by atoms with Crippen LogP contribution < -0.4 is 5.73 Å². The van der Waals surface area contributed by atoms with Crippen LogP contribution in [0.25, 0.3) is 0 Å². The summed E-state index contributed by atoms with van der Waals surface area (Å²) in [5, 5.41) is 0. The van der Waals surface area contributed by atoms with Crippen molar-refractivity contribution in [1.82, 2.24) is 4.90 Å². The molecule has 2 fully saturated rings. The van der Waals surface area contributed by atoms with Crippen LogP contribution in [0.5, 0.6) is 0 Å². The lowest BCUT2D eigenvalue weighted by Gasteiger charge is -2.26. The van der Waals surface area contributed by atoms with E-state index in [-0.39, 0.29) is 5.41 Å². The van der Waals surface area contributed by atoms with Crippen LogP contribution in [0.2, 0.25) is 0 Å². The molecule has 2 unspecified atom stereocenters. The highest BCUT2D eigenvalue weighted by atomic mass is 16.5. The minimum absolute atomic E-state index is 0.282. The van der Waals surface area contributed by atoms with Crippen molar-refractivity contribution in [3.63, 3.8) is 0 Å². The molecule has 2 atom stereocenters. The van der Waals surface area contributed by atoms with E-state index in [1.54, 1.807) is 0 Å². The quantitative estimate of drug-likeness (QED) is 0.671. The maximum atomic E-state index is 5.87. The molecule has 2 aliphatic rings. The molecule has 0 amide bonds. The third kappa shape index (κ3) is 1.39. The molecule has 13 heavy (non-hydrogen) atoms. The van der Waals surface area contributed by atoms with Gasteiger partial charge in [0.2, 0.25) is 0 Å². The monoisotopic (exact) mass is 184 g/mol. The van der Waals surface area contributed by atoms with Crippen LogP contribution in [0, 0.1) is 11.3 Å². The Morgan fingerprint density at radius 2 is 2.38 bits per heavy atom. The van der Waals surface area contributed by atoms with Gasteiger partial charge in [0.25, 0.3) is 0 Å². The van der Waals surface area contributed by atoms with Gasteiger partial charge in [0.1, 0.15) is 0 Å². The molecule has 0 aliphatic carbocycles. The Balaban J connectivity index is 2.09. The first-order valence-electron chi connectivity index (χ1n) is 5.20. The summed E-state index contributed by atoms with van der Waals surface area (Å²) in [5.74, 6) is 0.680. The second kappa shape index (κ2) is 3.23. The van der Waals surface area contributed by atoms with E-state index in [9.17, 15) is 0 Å². The number of fused-ring (bicyclic) bond motifs is 1. The summed E-state index contributed by atoms with van der Waals surface area (Å²) in [6, 6.07) is 0.647. The van der Waals surface area contributed by atoms with Gasteiger partial charge in [-0.05, 0) is 13.8 Å². The first kappa shape index (κ1) is 9.44. The second-order valence-electron chi connectivity index (χ2n) is 4.80. The molecule has 2 heterocycles. The van der Waals surface area contributed by atoms with Gasteiger partial charge in [-0.2, -0.15) is 0 Å². The molecule has 2 rings (SSSR count). The van der Waals surface area contributed by atoms with Crippen molar-refractivity contribution in [2.24, 2.45) is 17.1 Å². The fourth-order valence-corrected chi connectivity index (χ4v) is 2.56. The lowest BCUT2D eigenvalue weighted by molar-refractivity contribution is 0.122. The molecule has 2 N–H and O–H groups in total. The average Bonchev–Trinajstić information content (AvgIpc) is 2.58. The predicted molar refractivity (Wildman–Crippen MR) is 52.5 cm³/mol. The van der Waals surface area contributed by atoms with Gasteiger partial charge in [-0.3, -0.25) is 4.90 Å². The highest BCUT2D eigenvalue weighted by molar-refractivity contribution is 5.01. The molecule has 76 valence electrons. The van der Waals surface area contributed by atoms with Gasteiger partial charge < -0.3 is 10.5 Å². The van der Waals surface area contributed by atoms with Gasteiger partial charge in [0, 0.05) is 37.0 Å². The molecule has 0 saturated carbocycles. The highest BCUT2D eigenvalue weighted by Crippen LogP contribution is 2.40. The van der Waals surface area contributed by atoms with E-state index in [1.165, 1.54) is 6.54 Å². The summed E-state index contributed by atoms with van der Waals surface area (Å²) in [4.78, 5) is 2.53. The Labute approximate surface area is 80.2 Å². The predicted octanol–water partition coefficient (Wildman–Crippen LogP) is 0.302. The van der Waals surface area contributed by atoms with Crippen molar-refractivity contribution >= 4 is 0 Å². The zero-order valence-electron chi connectivity index (χ0n) is 8.62. The maximum absolute atomic E-state index is 5.87. The topological polar surface area (TPSA) is 38.5 Å². The van der Waals surface area contributed by atoms with Crippen LogP contribution in [0.4, 0.5) is 0 Å². The average molecular weight is 184 g/mol.